The second-order valence-electron chi connectivity index (χ2n) is 3.27. The minimum Gasteiger partial charge on any atom is -0.462 e. The van der Waals surface area contributed by atoms with Crippen LogP contribution in [-0.4, -0.2) is 27.1 Å². The Morgan fingerprint density at radius 2 is 2.00 bits per heavy atom. The fourth-order valence-electron chi connectivity index (χ4n) is 1.25. The molecule has 4 nitrogen and oxygen atoms in total. The highest BCUT2D eigenvalue weighted by Gasteiger charge is 2.33. The van der Waals surface area contributed by atoms with Crippen molar-refractivity contribution in [2.24, 2.45) is 0 Å². The summed E-state index contributed by atoms with van der Waals surface area (Å²) in [5.74, 6) is -1.24. The van der Waals surface area contributed by atoms with Crippen LogP contribution < -0.4 is 0 Å². The Morgan fingerprint density at radius 3 is 2.47 bits per heavy atom. The van der Waals surface area contributed by atoms with Gasteiger partial charge in [0.1, 0.15) is 0 Å². The van der Waals surface area contributed by atoms with E-state index in [1.54, 1.807) is 13.8 Å². The van der Waals surface area contributed by atoms with Crippen LogP contribution in [0, 0.1) is 6.92 Å². The lowest BCUT2D eigenvalue weighted by atomic mass is 10.2. The van der Waals surface area contributed by atoms with Crippen molar-refractivity contribution in [2.75, 3.05) is 6.61 Å². The molecule has 0 aliphatic carbocycles. The van der Waals surface area contributed by atoms with Gasteiger partial charge in [-0.05, 0) is 19.9 Å². The Morgan fingerprint density at radius 1 is 1.41 bits per heavy atom. The number of carbonyl (C=O) groups excluding carboxylic acids is 2. The second-order valence-corrected chi connectivity index (χ2v) is 5.55. The highest BCUT2D eigenvalue weighted by molar-refractivity contribution is 6.77. The maximum Gasteiger partial charge on any atom is 0.339 e. The van der Waals surface area contributed by atoms with Gasteiger partial charge in [-0.25, -0.2) is 4.79 Å². The summed E-state index contributed by atoms with van der Waals surface area (Å²) < 4.78 is 2.77. The smallest absolute Gasteiger partial charge is 0.339 e. The molecule has 1 aromatic rings. The maximum absolute atomic E-state index is 11.6. The lowest BCUT2D eigenvalue weighted by molar-refractivity contribution is 0.0525. The average molecular weight is 299 g/mol. The van der Waals surface area contributed by atoms with Crippen molar-refractivity contribution >= 4 is 46.6 Å². The van der Waals surface area contributed by atoms with Gasteiger partial charge in [0.25, 0.3) is 3.79 Å². The number of Topliss-reactive ketones (excluding diaryl/α,β-unsaturated/α-hetero) is 1. The zero-order chi connectivity index (χ0) is 13.2. The maximum atomic E-state index is 11.6. The first kappa shape index (κ1) is 14.4. The van der Waals surface area contributed by atoms with Gasteiger partial charge in [0.15, 0.2) is 0 Å². The summed E-state index contributed by atoms with van der Waals surface area (Å²) in [6.07, 6.45) is 0. The molecule has 0 aliphatic heterocycles. The van der Waals surface area contributed by atoms with E-state index >= 15 is 0 Å². The molecule has 17 heavy (non-hydrogen) atoms. The van der Waals surface area contributed by atoms with Gasteiger partial charge >= 0.3 is 5.97 Å². The average Bonchev–Trinajstić information content (AvgIpc) is 2.58. The Bertz CT molecular complexity index is 448. The fourth-order valence-corrected chi connectivity index (χ4v) is 1.56. The van der Waals surface area contributed by atoms with E-state index in [9.17, 15) is 9.59 Å². The number of hydrogen-bond donors (Lipinski definition) is 1. The second kappa shape index (κ2) is 5.29. The summed E-state index contributed by atoms with van der Waals surface area (Å²) in [6, 6.07) is 1.32. The van der Waals surface area contributed by atoms with Crippen molar-refractivity contribution in [3.63, 3.8) is 0 Å². The van der Waals surface area contributed by atoms with Gasteiger partial charge in [-0.15, -0.1) is 0 Å². The van der Waals surface area contributed by atoms with E-state index in [4.69, 9.17) is 39.5 Å². The molecule has 0 spiro atoms. The molecule has 1 aromatic heterocycles. The molecule has 0 amide bonds. The van der Waals surface area contributed by atoms with Crippen LogP contribution in [0.3, 0.4) is 0 Å². The Labute approximate surface area is 113 Å². The molecule has 0 saturated carbocycles. The van der Waals surface area contributed by atoms with Gasteiger partial charge in [-0.3, -0.25) is 4.79 Å². The number of aromatic amines is 1. The number of halogens is 3. The van der Waals surface area contributed by atoms with E-state index in [0.29, 0.717) is 5.69 Å². The van der Waals surface area contributed by atoms with Gasteiger partial charge < -0.3 is 9.72 Å². The summed E-state index contributed by atoms with van der Waals surface area (Å²) in [5.41, 5.74) is 0.802. The van der Waals surface area contributed by atoms with Crippen LogP contribution in [0.15, 0.2) is 6.07 Å². The molecule has 94 valence electrons. The molecule has 1 N–H and O–H groups in total. The van der Waals surface area contributed by atoms with Crippen LogP contribution in [0.25, 0.3) is 0 Å². The zero-order valence-corrected chi connectivity index (χ0v) is 11.4. The number of ketones is 1. The predicted octanol–water partition coefficient (Wildman–Crippen LogP) is 3.05. The van der Waals surface area contributed by atoms with E-state index in [1.165, 1.54) is 6.07 Å². The summed E-state index contributed by atoms with van der Waals surface area (Å²) in [6.45, 7) is 3.56. The summed E-state index contributed by atoms with van der Waals surface area (Å²) in [4.78, 5) is 25.8. The van der Waals surface area contributed by atoms with Gasteiger partial charge in [-0.2, -0.15) is 0 Å². The van der Waals surface area contributed by atoms with Crippen LogP contribution >= 0.6 is 34.8 Å². The zero-order valence-electron chi connectivity index (χ0n) is 9.14. The third kappa shape index (κ3) is 3.37. The van der Waals surface area contributed by atoms with Crippen molar-refractivity contribution in [1.29, 1.82) is 0 Å². The molecule has 0 saturated heterocycles. The normalized spacial score (nSPS) is 11.4. The van der Waals surface area contributed by atoms with Crippen LogP contribution in [0.1, 0.15) is 33.5 Å². The van der Waals surface area contributed by atoms with Crippen molar-refractivity contribution in [3.05, 3.63) is 23.0 Å². The quantitative estimate of drug-likeness (QED) is 0.530. The lowest BCUT2D eigenvalue weighted by Crippen LogP contribution is -2.19. The monoisotopic (exact) mass is 297 g/mol. The number of aryl methyl sites for hydroxylation is 1. The first-order valence-electron chi connectivity index (χ1n) is 4.75. The molecule has 0 fully saturated rings. The number of carbonyl (C=O) groups is 2. The van der Waals surface area contributed by atoms with Crippen LogP contribution in [0.5, 0.6) is 0 Å². The Kier molecular flexibility index (Phi) is 4.47. The number of aromatic nitrogens is 1. The van der Waals surface area contributed by atoms with Crippen molar-refractivity contribution in [3.8, 4) is 0 Å². The number of nitrogens with one attached hydrogen (secondary N) is 1. The van der Waals surface area contributed by atoms with Gasteiger partial charge in [0.2, 0.25) is 5.78 Å². The minimum atomic E-state index is -2.05. The van der Waals surface area contributed by atoms with E-state index in [-0.39, 0.29) is 17.9 Å². The number of ether oxygens (including phenoxy) is 1. The molecular weight excluding hydrogens is 288 g/mol. The fraction of sp³-hybridized carbons (Fsp3) is 0.400. The molecule has 0 unspecified atom stereocenters. The molecule has 1 heterocycles. The SMILES string of the molecule is CCOC(=O)c1cc(C(=O)C(Cl)(Cl)Cl)[nH]c1C. The molecule has 0 atom stereocenters. The summed E-state index contributed by atoms with van der Waals surface area (Å²) in [5, 5.41) is 0. The highest BCUT2D eigenvalue weighted by atomic mass is 35.6. The van der Waals surface area contributed by atoms with Crippen molar-refractivity contribution < 1.29 is 14.3 Å². The topological polar surface area (TPSA) is 59.2 Å². The molecule has 1 rings (SSSR count). The van der Waals surface area contributed by atoms with E-state index in [1.807, 2.05) is 0 Å². The van der Waals surface area contributed by atoms with E-state index < -0.39 is 15.5 Å². The minimum absolute atomic E-state index is 0.0607. The largest absolute Gasteiger partial charge is 0.462 e. The van der Waals surface area contributed by atoms with E-state index in [0.717, 1.165) is 0 Å². The lowest BCUT2D eigenvalue weighted by Gasteiger charge is -2.06. The first-order chi connectivity index (χ1) is 7.77. The number of rotatable bonds is 3. The molecule has 0 aromatic carbocycles. The van der Waals surface area contributed by atoms with Gasteiger partial charge in [-0.1, -0.05) is 34.8 Å². The highest BCUT2D eigenvalue weighted by Crippen LogP contribution is 2.30. The Hall–Kier alpha value is -0.710. The molecular formula is C10H10Cl3NO3. The number of alkyl halides is 3. The molecule has 0 aliphatic rings. The third-order valence-electron chi connectivity index (χ3n) is 2.01. The number of H-pyrrole nitrogens is 1. The van der Waals surface area contributed by atoms with Crippen molar-refractivity contribution in [1.82, 2.24) is 4.98 Å². The first-order valence-corrected chi connectivity index (χ1v) is 5.89. The van der Waals surface area contributed by atoms with Crippen LogP contribution in [0.4, 0.5) is 0 Å². The standard InChI is InChI=1S/C10H10Cl3NO3/c1-3-17-9(16)6-4-7(14-5(6)2)8(15)10(11,12)13/h4,14H,3H2,1-2H3. The van der Waals surface area contributed by atoms with Crippen LogP contribution in [0.2, 0.25) is 0 Å². The third-order valence-corrected chi connectivity index (χ3v) is 2.53. The summed E-state index contributed by atoms with van der Waals surface area (Å²) >= 11 is 16.4. The van der Waals surface area contributed by atoms with Gasteiger partial charge in [0, 0.05) is 5.69 Å². The predicted molar refractivity (Wildman–Crippen MR) is 66.1 cm³/mol. The Balaban J connectivity index is 3.04. The van der Waals surface area contributed by atoms with E-state index in [2.05, 4.69) is 4.98 Å². The van der Waals surface area contributed by atoms with Crippen molar-refractivity contribution in [2.45, 2.75) is 17.6 Å². The van der Waals surface area contributed by atoms with Gasteiger partial charge in [0.05, 0.1) is 17.9 Å². The molecule has 0 radical (unpaired) electrons. The van der Waals surface area contributed by atoms with Crippen LogP contribution in [-0.2, 0) is 4.74 Å². The number of esters is 1. The summed E-state index contributed by atoms with van der Waals surface area (Å²) in [7, 11) is 0. The number of hydrogen-bond acceptors (Lipinski definition) is 3. The molecule has 0 bridgehead atoms. The molecule has 7 heteroatoms.